The number of nitrogens with zero attached hydrogens (tertiary/aromatic N) is 4. The Balaban J connectivity index is 1.52. The van der Waals surface area contributed by atoms with Crippen LogP contribution in [-0.4, -0.2) is 46.2 Å². The Bertz CT molecular complexity index is 905. The fourth-order valence-corrected chi connectivity index (χ4v) is 3.43. The first kappa shape index (κ1) is 18.4. The molecule has 0 bridgehead atoms. The highest BCUT2D eigenvalue weighted by Crippen LogP contribution is 2.31. The average Bonchev–Trinajstić information content (AvgIpc) is 3.44. The normalized spacial score (nSPS) is 17.0. The largest absolute Gasteiger partial charge is 0.444 e. The first-order valence-electron chi connectivity index (χ1n) is 9.37. The van der Waals surface area contributed by atoms with E-state index in [9.17, 15) is 4.79 Å². The van der Waals surface area contributed by atoms with Crippen molar-refractivity contribution < 1.29 is 18.5 Å². The van der Waals surface area contributed by atoms with Gasteiger partial charge in [0.25, 0.3) is 5.91 Å². The summed E-state index contributed by atoms with van der Waals surface area (Å²) < 4.78 is 15.8. The van der Waals surface area contributed by atoms with Gasteiger partial charge in [0.05, 0.1) is 12.8 Å². The number of amides is 1. The summed E-state index contributed by atoms with van der Waals surface area (Å²) in [5.41, 5.74) is 1.50. The molecule has 0 saturated carbocycles. The van der Waals surface area contributed by atoms with E-state index in [0.29, 0.717) is 42.6 Å². The molecule has 1 aliphatic heterocycles. The van der Waals surface area contributed by atoms with Gasteiger partial charge in [0.2, 0.25) is 5.89 Å². The molecule has 28 heavy (non-hydrogen) atoms. The first-order chi connectivity index (χ1) is 13.8. The zero-order valence-corrected chi connectivity index (χ0v) is 15.7. The number of hydrogen-bond donors (Lipinski definition) is 0. The van der Waals surface area contributed by atoms with E-state index in [1.54, 1.807) is 13.3 Å². The van der Waals surface area contributed by atoms with Gasteiger partial charge in [-0.2, -0.15) is 4.98 Å². The smallest absolute Gasteiger partial charge is 0.254 e. The number of piperidine rings is 1. The van der Waals surface area contributed by atoms with Gasteiger partial charge in [0, 0.05) is 31.2 Å². The Morgan fingerprint density at radius 3 is 2.89 bits per heavy atom. The first-order valence-corrected chi connectivity index (χ1v) is 9.37. The molecule has 0 radical (unpaired) electrons. The van der Waals surface area contributed by atoms with E-state index >= 15 is 0 Å². The molecule has 4 rings (SSSR count). The van der Waals surface area contributed by atoms with Crippen LogP contribution < -0.4 is 0 Å². The number of carbonyl (C=O) groups is 1. The van der Waals surface area contributed by atoms with Crippen LogP contribution in [-0.2, 0) is 11.2 Å². The minimum Gasteiger partial charge on any atom is -0.444 e. The number of aromatic nitrogens is 3. The molecule has 1 atom stereocenters. The van der Waals surface area contributed by atoms with Crippen molar-refractivity contribution in [3.05, 3.63) is 54.1 Å². The fourth-order valence-electron chi connectivity index (χ4n) is 3.43. The molecule has 3 heterocycles. The Morgan fingerprint density at radius 1 is 1.29 bits per heavy atom. The van der Waals surface area contributed by atoms with Gasteiger partial charge >= 0.3 is 0 Å². The van der Waals surface area contributed by atoms with E-state index in [4.69, 9.17) is 13.7 Å². The number of ether oxygens (including phenoxy) is 1. The maximum atomic E-state index is 13.1. The van der Waals surface area contributed by atoms with Gasteiger partial charge in [-0.3, -0.25) is 4.79 Å². The minimum atomic E-state index is -0.195. The van der Waals surface area contributed by atoms with Crippen LogP contribution in [0.3, 0.4) is 0 Å². The van der Waals surface area contributed by atoms with Gasteiger partial charge < -0.3 is 18.6 Å². The molecule has 0 aliphatic carbocycles. The van der Waals surface area contributed by atoms with Crippen molar-refractivity contribution in [1.29, 1.82) is 0 Å². The second-order valence-electron chi connectivity index (χ2n) is 6.74. The number of benzene rings is 1. The van der Waals surface area contributed by atoms with Crippen molar-refractivity contribution >= 4 is 5.91 Å². The zero-order valence-electron chi connectivity index (χ0n) is 15.7. The number of methoxy groups -OCH3 is 1. The molecular weight excluding hydrogens is 360 g/mol. The van der Waals surface area contributed by atoms with Crippen LogP contribution >= 0.6 is 0 Å². The van der Waals surface area contributed by atoms with Crippen LogP contribution in [0.1, 0.15) is 47.4 Å². The van der Waals surface area contributed by atoms with Gasteiger partial charge in [0.1, 0.15) is 6.04 Å². The van der Waals surface area contributed by atoms with Crippen molar-refractivity contribution in [3.8, 4) is 11.3 Å². The second-order valence-corrected chi connectivity index (χ2v) is 6.74. The topological polar surface area (TPSA) is 94.5 Å². The van der Waals surface area contributed by atoms with E-state index in [-0.39, 0.29) is 11.9 Å². The molecule has 1 aromatic carbocycles. The molecule has 0 spiro atoms. The van der Waals surface area contributed by atoms with Crippen LogP contribution in [0.15, 0.2) is 45.8 Å². The Hall–Kier alpha value is -3.00. The number of oxazole rings is 1. The number of rotatable bonds is 6. The molecule has 146 valence electrons. The molecule has 1 aliphatic rings. The molecular formula is C20H22N4O4. The predicted molar refractivity (Wildman–Crippen MR) is 99.4 cm³/mol. The quantitative estimate of drug-likeness (QED) is 0.645. The summed E-state index contributed by atoms with van der Waals surface area (Å²) in [5, 5.41) is 4.02. The second kappa shape index (κ2) is 8.35. The molecule has 0 N–H and O–H groups in total. The standard InChI is InChI=1S/C20H22N4O4/c1-26-11-9-18-22-19(28-23-18)16-4-2-3-10-24(16)20(25)15-7-5-14(6-8-15)17-12-21-13-27-17/h5-8,12-13,16H,2-4,9-11H2,1H3. The summed E-state index contributed by atoms with van der Waals surface area (Å²) in [5.74, 6) is 1.73. The van der Waals surface area contributed by atoms with Crippen LogP contribution in [0.2, 0.25) is 0 Å². The van der Waals surface area contributed by atoms with E-state index in [0.717, 1.165) is 24.8 Å². The van der Waals surface area contributed by atoms with Gasteiger partial charge in [-0.1, -0.05) is 17.3 Å². The lowest BCUT2D eigenvalue weighted by Crippen LogP contribution is -2.38. The third-order valence-corrected chi connectivity index (χ3v) is 4.91. The van der Waals surface area contributed by atoms with Gasteiger partial charge in [-0.05, 0) is 31.4 Å². The van der Waals surface area contributed by atoms with E-state index in [2.05, 4.69) is 15.1 Å². The summed E-state index contributed by atoms with van der Waals surface area (Å²) in [6, 6.07) is 7.15. The lowest BCUT2D eigenvalue weighted by atomic mass is 10.00. The summed E-state index contributed by atoms with van der Waals surface area (Å²) in [6.07, 6.45) is 6.42. The van der Waals surface area contributed by atoms with Gasteiger partial charge in [-0.25, -0.2) is 4.98 Å². The monoisotopic (exact) mass is 382 g/mol. The maximum absolute atomic E-state index is 13.1. The van der Waals surface area contributed by atoms with Crippen molar-refractivity contribution in [2.75, 3.05) is 20.3 Å². The fraction of sp³-hybridized carbons (Fsp3) is 0.400. The Labute approximate surface area is 162 Å². The summed E-state index contributed by atoms with van der Waals surface area (Å²) in [4.78, 5) is 23.4. The number of carbonyl (C=O) groups excluding carboxylic acids is 1. The highest BCUT2D eigenvalue weighted by molar-refractivity contribution is 5.95. The third kappa shape index (κ3) is 3.82. The molecule has 2 aromatic heterocycles. The lowest BCUT2D eigenvalue weighted by Gasteiger charge is -2.33. The third-order valence-electron chi connectivity index (χ3n) is 4.91. The van der Waals surface area contributed by atoms with Crippen molar-refractivity contribution in [2.24, 2.45) is 0 Å². The van der Waals surface area contributed by atoms with E-state index in [1.165, 1.54) is 6.39 Å². The number of likely N-dealkylation sites (tertiary alicyclic amines) is 1. The van der Waals surface area contributed by atoms with E-state index < -0.39 is 0 Å². The summed E-state index contributed by atoms with van der Waals surface area (Å²) in [6.45, 7) is 1.20. The van der Waals surface area contributed by atoms with Crippen molar-refractivity contribution in [3.63, 3.8) is 0 Å². The van der Waals surface area contributed by atoms with Crippen LogP contribution in [0, 0.1) is 0 Å². The molecule has 8 heteroatoms. The highest BCUT2D eigenvalue weighted by Gasteiger charge is 2.32. The Morgan fingerprint density at radius 2 is 2.14 bits per heavy atom. The van der Waals surface area contributed by atoms with E-state index in [1.807, 2.05) is 29.2 Å². The molecule has 1 fully saturated rings. The average molecular weight is 382 g/mol. The number of hydrogen-bond acceptors (Lipinski definition) is 7. The molecule has 8 nitrogen and oxygen atoms in total. The van der Waals surface area contributed by atoms with Crippen LogP contribution in [0.25, 0.3) is 11.3 Å². The van der Waals surface area contributed by atoms with Crippen molar-refractivity contribution in [2.45, 2.75) is 31.7 Å². The van der Waals surface area contributed by atoms with Crippen molar-refractivity contribution in [1.82, 2.24) is 20.0 Å². The SMILES string of the molecule is COCCc1noc(C2CCCCN2C(=O)c2ccc(-c3cnco3)cc2)n1. The molecule has 1 saturated heterocycles. The Kier molecular flexibility index (Phi) is 5.48. The van der Waals surface area contributed by atoms with Gasteiger partial charge in [-0.15, -0.1) is 0 Å². The summed E-state index contributed by atoms with van der Waals surface area (Å²) >= 11 is 0. The maximum Gasteiger partial charge on any atom is 0.254 e. The molecule has 1 amide bonds. The summed E-state index contributed by atoms with van der Waals surface area (Å²) in [7, 11) is 1.64. The predicted octanol–water partition coefficient (Wildman–Crippen LogP) is 3.28. The lowest BCUT2D eigenvalue weighted by molar-refractivity contribution is 0.0561. The molecule has 3 aromatic rings. The minimum absolute atomic E-state index is 0.0366. The zero-order chi connectivity index (χ0) is 19.3. The highest BCUT2D eigenvalue weighted by atomic mass is 16.5. The van der Waals surface area contributed by atoms with Crippen LogP contribution in [0.4, 0.5) is 0 Å². The molecule has 1 unspecified atom stereocenters. The van der Waals surface area contributed by atoms with Gasteiger partial charge in [0.15, 0.2) is 18.0 Å². The van der Waals surface area contributed by atoms with Crippen LogP contribution in [0.5, 0.6) is 0 Å².